The second-order valence-electron chi connectivity index (χ2n) is 8.05. The minimum Gasteiger partial charge on any atom is -0.476 e. The summed E-state index contributed by atoms with van der Waals surface area (Å²) in [6.07, 6.45) is 0. The van der Waals surface area contributed by atoms with Crippen LogP contribution in [0.5, 0.6) is 5.75 Å². The van der Waals surface area contributed by atoms with Gasteiger partial charge in [-0.3, -0.25) is 9.59 Å². The maximum Gasteiger partial charge on any atom is 0.262 e. The SMILES string of the molecule is CCN(CC)S(=O)(=O)c1ccc(NC(=O)COc2c(-c3ccccc3)oc3ccc(Cl)cc3c2=O)cc1. The highest BCUT2D eigenvalue weighted by Crippen LogP contribution is 2.31. The van der Waals surface area contributed by atoms with E-state index in [0.29, 0.717) is 34.9 Å². The van der Waals surface area contributed by atoms with Gasteiger partial charge in [0.15, 0.2) is 12.4 Å². The zero-order chi connectivity index (χ0) is 26.6. The van der Waals surface area contributed by atoms with E-state index in [2.05, 4.69) is 5.32 Å². The molecule has 1 N–H and O–H groups in total. The van der Waals surface area contributed by atoms with E-state index in [1.807, 2.05) is 6.07 Å². The van der Waals surface area contributed by atoms with Crippen molar-refractivity contribution in [3.63, 3.8) is 0 Å². The second kappa shape index (κ2) is 11.2. The van der Waals surface area contributed by atoms with Crippen LogP contribution >= 0.6 is 11.6 Å². The van der Waals surface area contributed by atoms with Gasteiger partial charge in [-0.1, -0.05) is 55.8 Å². The fourth-order valence-electron chi connectivity index (χ4n) is 3.82. The Hall–Kier alpha value is -3.66. The summed E-state index contributed by atoms with van der Waals surface area (Å²) in [6, 6.07) is 19.5. The third kappa shape index (κ3) is 5.69. The van der Waals surface area contributed by atoms with Gasteiger partial charge in [0, 0.05) is 29.4 Å². The minimum absolute atomic E-state index is 0.114. The number of benzene rings is 3. The molecule has 1 amide bonds. The maximum absolute atomic E-state index is 13.2. The number of hydrogen-bond donors (Lipinski definition) is 1. The molecule has 1 heterocycles. The van der Waals surface area contributed by atoms with Crippen molar-refractivity contribution in [3.05, 3.63) is 88.0 Å². The molecular weight excluding hydrogens is 516 g/mol. The molecule has 0 saturated carbocycles. The molecule has 0 aliphatic rings. The van der Waals surface area contributed by atoms with Crippen molar-refractivity contribution in [2.24, 2.45) is 0 Å². The summed E-state index contributed by atoms with van der Waals surface area (Å²) in [5.74, 6) is -0.458. The third-order valence-electron chi connectivity index (χ3n) is 5.68. The van der Waals surface area contributed by atoms with Gasteiger partial charge in [-0.2, -0.15) is 4.31 Å². The molecule has 0 fully saturated rings. The fraction of sp³-hybridized carbons (Fsp3) is 0.185. The molecule has 8 nitrogen and oxygen atoms in total. The van der Waals surface area contributed by atoms with Gasteiger partial charge < -0.3 is 14.5 Å². The van der Waals surface area contributed by atoms with E-state index < -0.39 is 28.0 Å². The maximum atomic E-state index is 13.2. The fourth-order valence-corrected chi connectivity index (χ4v) is 5.45. The monoisotopic (exact) mass is 540 g/mol. The molecule has 0 radical (unpaired) electrons. The number of fused-ring (bicyclic) bond motifs is 1. The van der Waals surface area contributed by atoms with Crippen molar-refractivity contribution in [1.29, 1.82) is 0 Å². The van der Waals surface area contributed by atoms with Crippen LogP contribution in [0, 0.1) is 0 Å². The number of amides is 1. The summed E-state index contributed by atoms with van der Waals surface area (Å²) in [5.41, 5.74) is 0.871. The minimum atomic E-state index is -3.61. The van der Waals surface area contributed by atoms with Crippen LogP contribution < -0.4 is 15.5 Å². The van der Waals surface area contributed by atoms with E-state index in [-0.39, 0.29) is 21.8 Å². The Labute approximate surface area is 219 Å². The number of carbonyl (C=O) groups excluding carboxylic acids is 1. The lowest BCUT2D eigenvalue weighted by atomic mass is 10.1. The van der Waals surface area contributed by atoms with Crippen LogP contribution in [-0.4, -0.2) is 38.3 Å². The lowest BCUT2D eigenvalue weighted by molar-refractivity contribution is -0.118. The Bertz CT molecular complexity index is 1580. The quantitative estimate of drug-likeness (QED) is 0.314. The van der Waals surface area contributed by atoms with Crippen molar-refractivity contribution in [2.45, 2.75) is 18.7 Å². The highest BCUT2D eigenvalue weighted by molar-refractivity contribution is 7.89. The average molecular weight is 541 g/mol. The Morgan fingerprint density at radius 2 is 1.68 bits per heavy atom. The normalized spacial score (nSPS) is 11.6. The summed E-state index contributed by atoms with van der Waals surface area (Å²) >= 11 is 6.06. The predicted molar refractivity (Wildman–Crippen MR) is 144 cm³/mol. The predicted octanol–water partition coefficient (Wildman–Crippen LogP) is 5.16. The zero-order valence-corrected chi connectivity index (χ0v) is 21.8. The van der Waals surface area contributed by atoms with Gasteiger partial charge in [0.05, 0.1) is 10.3 Å². The lowest BCUT2D eigenvalue weighted by Gasteiger charge is -2.18. The summed E-state index contributed by atoms with van der Waals surface area (Å²) in [6.45, 7) is 3.77. The van der Waals surface area contributed by atoms with Crippen molar-refractivity contribution >= 4 is 44.2 Å². The Kier molecular flexibility index (Phi) is 7.97. The Balaban J connectivity index is 1.55. The first-order valence-electron chi connectivity index (χ1n) is 11.6. The molecule has 0 aliphatic heterocycles. The molecule has 4 aromatic rings. The number of halogens is 1. The van der Waals surface area contributed by atoms with Crippen LogP contribution in [0.2, 0.25) is 5.02 Å². The number of anilines is 1. The molecule has 0 spiro atoms. The largest absolute Gasteiger partial charge is 0.476 e. The highest BCUT2D eigenvalue weighted by Gasteiger charge is 2.22. The van der Waals surface area contributed by atoms with E-state index in [1.54, 1.807) is 50.2 Å². The first-order chi connectivity index (χ1) is 17.7. The van der Waals surface area contributed by atoms with Gasteiger partial charge in [-0.25, -0.2) is 8.42 Å². The number of nitrogens with zero attached hydrogens (tertiary/aromatic N) is 1. The number of nitrogens with one attached hydrogen (secondary N) is 1. The molecule has 0 unspecified atom stereocenters. The lowest BCUT2D eigenvalue weighted by Crippen LogP contribution is -2.30. The molecule has 0 atom stereocenters. The van der Waals surface area contributed by atoms with Crippen LogP contribution in [-0.2, 0) is 14.8 Å². The zero-order valence-electron chi connectivity index (χ0n) is 20.2. The van der Waals surface area contributed by atoms with Gasteiger partial charge in [0.25, 0.3) is 5.91 Å². The van der Waals surface area contributed by atoms with Crippen molar-refractivity contribution in [2.75, 3.05) is 25.0 Å². The molecule has 4 rings (SSSR count). The number of carbonyl (C=O) groups is 1. The van der Waals surface area contributed by atoms with Crippen molar-refractivity contribution in [3.8, 4) is 17.1 Å². The van der Waals surface area contributed by atoms with Gasteiger partial charge >= 0.3 is 0 Å². The van der Waals surface area contributed by atoms with Gasteiger partial charge in [0.2, 0.25) is 21.2 Å². The molecule has 10 heteroatoms. The number of hydrogen-bond acceptors (Lipinski definition) is 6. The molecular formula is C27H25ClN2O6S. The van der Waals surface area contributed by atoms with Crippen molar-refractivity contribution < 1.29 is 22.4 Å². The smallest absolute Gasteiger partial charge is 0.262 e. The summed E-state index contributed by atoms with van der Waals surface area (Å²) in [4.78, 5) is 26.0. The average Bonchev–Trinajstić information content (AvgIpc) is 2.89. The van der Waals surface area contributed by atoms with Gasteiger partial charge in [0.1, 0.15) is 5.58 Å². The highest BCUT2D eigenvalue weighted by atomic mass is 35.5. The van der Waals surface area contributed by atoms with Crippen LogP contribution in [0.3, 0.4) is 0 Å². The number of sulfonamides is 1. The first kappa shape index (κ1) is 26.4. The van der Waals surface area contributed by atoms with Crippen LogP contribution in [0.25, 0.3) is 22.3 Å². The molecule has 3 aromatic carbocycles. The summed E-state index contributed by atoms with van der Waals surface area (Å²) in [7, 11) is -3.61. The number of ether oxygens (including phenoxy) is 1. The topological polar surface area (TPSA) is 106 Å². The van der Waals surface area contributed by atoms with E-state index in [1.165, 1.54) is 34.6 Å². The standard InChI is InChI=1S/C27H25ClN2O6S/c1-3-30(4-2)37(33,34)21-13-11-20(12-14-21)29-24(31)17-35-27-25(32)22-16-19(28)10-15-23(22)36-26(27)18-8-6-5-7-9-18/h5-16H,3-4,17H2,1-2H3,(H,29,31). The van der Waals surface area contributed by atoms with E-state index in [9.17, 15) is 18.0 Å². The van der Waals surface area contributed by atoms with Crippen LogP contribution in [0.1, 0.15) is 13.8 Å². The molecule has 1 aromatic heterocycles. The Morgan fingerprint density at radius 3 is 2.32 bits per heavy atom. The molecule has 192 valence electrons. The second-order valence-corrected chi connectivity index (χ2v) is 10.4. The molecule has 0 bridgehead atoms. The Morgan fingerprint density at radius 1 is 1.00 bits per heavy atom. The van der Waals surface area contributed by atoms with E-state index in [4.69, 9.17) is 20.8 Å². The molecule has 0 aliphatic carbocycles. The molecule has 0 saturated heterocycles. The third-order valence-corrected chi connectivity index (χ3v) is 7.97. The van der Waals surface area contributed by atoms with Gasteiger partial charge in [-0.15, -0.1) is 0 Å². The summed E-state index contributed by atoms with van der Waals surface area (Å²) < 4.78 is 38.3. The first-order valence-corrected chi connectivity index (χ1v) is 13.4. The number of rotatable bonds is 9. The summed E-state index contributed by atoms with van der Waals surface area (Å²) in [5, 5.41) is 3.24. The van der Waals surface area contributed by atoms with Crippen LogP contribution in [0.15, 0.2) is 86.9 Å². The molecule has 37 heavy (non-hydrogen) atoms. The van der Waals surface area contributed by atoms with Gasteiger partial charge in [-0.05, 0) is 42.5 Å². The van der Waals surface area contributed by atoms with E-state index >= 15 is 0 Å². The van der Waals surface area contributed by atoms with Crippen molar-refractivity contribution in [1.82, 2.24) is 4.31 Å². The van der Waals surface area contributed by atoms with Crippen LogP contribution in [0.4, 0.5) is 5.69 Å². The van der Waals surface area contributed by atoms with E-state index in [0.717, 1.165) is 0 Å².